The van der Waals surface area contributed by atoms with Gasteiger partial charge in [-0.25, -0.2) is 12.8 Å². The van der Waals surface area contributed by atoms with Crippen LogP contribution in [-0.2, 0) is 25.8 Å². The van der Waals surface area contributed by atoms with Crippen LogP contribution in [-0.4, -0.2) is 81.3 Å². The molecule has 1 aliphatic heterocycles. The zero-order valence-electron chi connectivity index (χ0n) is 15.7. The fraction of sp³-hybridized carbons (Fsp3) is 0.556. The van der Waals surface area contributed by atoms with Crippen LogP contribution in [0, 0.1) is 5.82 Å². The van der Waals surface area contributed by atoms with E-state index in [0.29, 0.717) is 19.4 Å². The Labute approximate surface area is 159 Å². The van der Waals surface area contributed by atoms with Gasteiger partial charge in [-0.3, -0.25) is 9.59 Å². The number of benzene rings is 1. The molecular weight excluding hydrogens is 373 g/mol. The number of nitrogens with one attached hydrogen (secondary N) is 1. The van der Waals surface area contributed by atoms with Crippen LogP contribution in [0.4, 0.5) is 4.39 Å². The van der Waals surface area contributed by atoms with Crippen LogP contribution in [0.2, 0.25) is 0 Å². The third-order valence-corrected chi connectivity index (χ3v) is 6.26. The lowest BCUT2D eigenvalue weighted by atomic mass is 10.1. The number of likely N-dealkylation sites (N-methyl/N-ethyl adjacent to an activating group) is 1. The van der Waals surface area contributed by atoms with E-state index < -0.39 is 27.7 Å². The number of hydrogen-bond donors (Lipinski definition) is 1. The second-order valence-corrected chi connectivity index (χ2v) is 9.22. The Bertz CT molecular complexity index is 765. The molecule has 1 aliphatic rings. The highest BCUT2D eigenvalue weighted by molar-refractivity contribution is 7.91. The van der Waals surface area contributed by atoms with Gasteiger partial charge in [0, 0.05) is 25.7 Å². The van der Waals surface area contributed by atoms with E-state index in [1.165, 1.54) is 17.0 Å². The van der Waals surface area contributed by atoms with Gasteiger partial charge in [0.2, 0.25) is 0 Å². The maximum absolute atomic E-state index is 12.9. The first-order valence-corrected chi connectivity index (χ1v) is 10.7. The molecule has 0 radical (unpaired) electrons. The van der Waals surface area contributed by atoms with E-state index in [0.717, 1.165) is 5.56 Å². The SMILES string of the molecule is CN(C)CCN(C(=O)C(=O)NCCc1ccc(F)cc1)C1CCS(=O)(=O)C1. The fourth-order valence-corrected chi connectivity index (χ4v) is 4.69. The summed E-state index contributed by atoms with van der Waals surface area (Å²) in [5.41, 5.74) is 0.843. The molecule has 0 spiro atoms. The van der Waals surface area contributed by atoms with Crippen LogP contribution in [0.15, 0.2) is 24.3 Å². The molecule has 7 nitrogen and oxygen atoms in total. The summed E-state index contributed by atoms with van der Waals surface area (Å²) in [6.07, 6.45) is 0.819. The minimum absolute atomic E-state index is 0.0373. The smallest absolute Gasteiger partial charge is 0.312 e. The second-order valence-electron chi connectivity index (χ2n) is 6.99. The van der Waals surface area contributed by atoms with Gasteiger partial charge in [-0.1, -0.05) is 12.1 Å². The van der Waals surface area contributed by atoms with Gasteiger partial charge in [0.1, 0.15) is 5.82 Å². The Hall–Kier alpha value is -2.00. The van der Waals surface area contributed by atoms with E-state index in [-0.39, 0.29) is 30.4 Å². The highest BCUT2D eigenvalue weighted by atomic mass is 32.2. The lowest BCUT2D eigenvalue weighted by Crippen LogP contribution is -2.50. The van der Waals surface area contributed by atoms with Crippen molar-refractivity contribution >= 4 is 21.7 Å². The number of halogens is 1. The summed E-state index contributed by atoms with van der Waals surface area (Å²) in [6, 6.07) is 5.45. The van der Waals surface area contributed by atoms with E-state index in [1.54, 1.807) is 12.1 Å². The third kappa shape index (κ3) is 6.59. The van der Waals surface area contributed by atoms with Crippen LogP contribution >= 0.6 is 0 Å². The predicted molar refractivity (Wildman–Crippen MR) is 100 cm³/mol. The molecule has 9 heteroatoms. The van der Waals surface area contributed by atoms with Gasteiger partial charge in [-0.05, 0) is 44.6 Å². The Balaban J connectivity index is 1.94. The minimum Gasteiger partial charge on any atom is -0.347 e. The molecule has 1 fully saturated rings. The van der Waals surface area contributed by atoms with Crippen molar-refractivity contribution < 1.29 is 22.4 Å². The van der Waals surface area contributed by atoms with Crippen LogP contribution < -0.4 is 5.32 Å². The molecule has 1 heterocycles. The van der Waals surface area contributed by atoms with Crippen molar-refractivity contribution in [3.8, 4) is 0 Å². The average Bonchev–Trinajstić information content (AvgIpc) is 2.96. The monoisotopic (exact) mass is 399 g/mol. The summed E-state index contributed by atoms with van der Waals surface area (Å²) in [6.45, 7) is 1.06. The van der Waals surface area contributed by atoms with E-state index in [1.807, 2.05) is 19.0 Å². The van der Waals surface area contributed by atoms with Gasteiger partial charge >= 0.3 is 11.8 Å². The zero-order valence-corrected chi connectivity index (χ0v) is 16.5. The molecule has 150 valence electrons. The summed E-state index contributed by atoms with van der Waals surface area (Å²) in [5.74, 6) is -1.86. The lowest BCUT2D eigenvalue weighted by molar-refractivity contribution is -0.147. The van der Waals surface area contributed by atoms with Crippen molar-refractivity contribution in [2.45, 2.75) is 18.9 Å². The maximum atomic E-state index is 12.9. The first kappa shape index (κ1) is 21.3. The molecule has 0 saturated carbocycles. The summed E-state index contributed by atoms with van der Waals surface area (Å²) < 4.78 is 36.4. The number of rotatable bonds is 7. The molecule has 1 aromatic rings. The number of carbonyl (C=O) groups excluding carboxylic acids is 2. The van der Waals surface area contributed by atoms with Gasteiger partial charge in [0.05, 0.1) is 11.5 Å². The van der Waals surface area contributed by atoms with Gasteiger partial charge in [0.15, 0.2) is 9.84 Å². The highest BCUT2D eigenvalue weighted by Crippen LogP contribution is 2.18. The molecule has 1 aromatic carbocycles. The van der Waals surface area contributed by atoms with E-state index >= 15 is 0 Å². The molecule has 0 aliphatic carbocycles. The summed E-state index contributed by atoms with van der Waals surface area (Å²) in [7, 11) is 0.524. The van der Waals surface area contributed by atoms with Crippen molar-refractivity contribution in [1.82, 2.24) is 15.1 Å². The Morgan fingerprint density at radius 1 is 1.19 bits per heavy atom. The second kappa shape index (κ2) is 9.27. The zero-order chi connectivity index (χ0) is 20.0. The summed E-state index contributed by atoms with van der Waals surface area (Å²) in [5, 5.41) is 2.57. The predicted octanol–water partition coefficient (Wildman–Crippen LogP) is 0.0617. The molecule has 2 rings (SSSR count). The van der Waals surface area contributed by atoms with Gasteiger partial charge in [-0.15, -0.1) is 0 Å². The van der Waals surface area contributed by atoms with Gasteiger partial charge < -0.3 is 15.1 Å². The molecule has 0 aromatic heterocycles. The molecule has 1 N–H and O–H groups in total. The van der Waals surface area contributed by atoms with Crippen molar-refractivity contribution in [3.05, 3.63) is 35.6 Å². The van der Waals surface area contributed by atoms with Crippen LogP contribution in [0.5, 0.6) is 0 Å². The van der Waals surface area contributed by atoms with Crippen molar-refractivity contribution in [3.63, 3.8) is 0 Å². The van der Waals surface area contributed by atoms with Crippen molar-refractivity contribution in [1.29, 1.82) is 0 Å². The maximum Gasteiger partial charge on any atom is 0.312 e. The van der Waals surface area contributed by atoms with E-state index in [9.17, 15) is 22.4 Å². The number of nitrogens with zero attached hydrogens (tertiary/aromatic N) is 2. The van der Waals surface area contributed by atoms with Crippen LogP contribution in [0.3, 0.4) is 0 Å². The quantitative estimate of drug-likeness (QED) is 0.656. The molecule has 1 unspecified atom stereocenters. The number of hydrogen-bond acceptors (Lipinski definition) is 5. The Morgan fingerprint density at radius 2 is 1.85 bits per heavy atom. The molecule has 2 amide bonds. The normalized spacial score (nSPS) is 18.4. The Kier molecular flexibility index (Phi) is 7.32. The Morgan fingerprint density at radius 3 is 2.41 bits per heavy atom. The standard InChI is InChI=1S/C18H26FN3O4S/c1-21(2)10-11-22(16-8-12-27(25,26)13-16)18(24)17(23)20-9-7-14-3-5-15(19)6-4-14/h3-6,16H,7-13H2,1-2H3,(H,20,23). The van der Waals surface area contributed by atoms with Crippen molar-refractivity contribution in [2.75, 3.05) is 45.2 Å². The molecule has 1 atom stereocenters. The van der Waals surface area contributed by atoms with Gasteiger partial charge in [0.25, 0.3) is 0 Å². The van der Waals surface area contributed by atoms with Crippen molar-refractivity contribution in [2.24, 2.45) is 0 Å². The molecule has 0 bridgehead atoms. The van der Waals surface area contributed by atoms with Gasteiger partial charge in [-0.2, -0.15) is 0 Å². The topological polar surface area (TPSA) is 86.8 Å². The summed E-state index contributed by atoms with van der Waals surface area (Å²) >= 11 is 0. The number of amides is 2. The summed E-state index contributed by atoms with van der Waals surface area (Å²) in [4.78, 5) is 28.1. The van der Waals surface area contributed by atoms with E-state index in [4.69, 9.17) is 0 Å². The minimum atomic E-state index is -3.16. The first-order chi connectivity index (χ1) is 12.7. The number of sulfone groups is 1. The number of carbonyl (C=O) groups is 2. The molecular formula is C18H26FN3O4S. The highest BCUT2D eigenvalue weighted by Gasteiger charge is 2.36. The fourth-order valence-electron chi connectivity index (χ4n) is 2.96. The van der Waals surface area contributed by atoms with Crippen LogP contribution in [0.25, 0.3) is 0 Å². The molecule has 27 heavy (non-hydrogen) atoms. The third-order valence-electron chi connectivity index (χ3n) is 4.50. The van der Waals surface area contributed by atoms with Crippen LogP contribution in [0.1, 0.15) is 12.0 Å². The average molecular weight is 399 g/mol. The lowest BCUT2D eigenvalue weighted by Gasteiger charge is -2.28. The largest absolute Gasteiger partial charge is 0.347 e. The van der Waals surface area contributed by atoms with E-state index in [2.05, 4.69) is 5.32 Å². The molecule has 1 saturated heterocycles. The first-order valence-electron chi connectivity index (χ1n) is 8.86.